The summed E-state index contributed by atoms with van der Waals surface area (Å²) in [6, 6.07) is 56.8. The zero-order valence-corrected chi connectivity index (χ0v) is 28.0. The molecule has 0 unspecified atom stereocenters. The fourth-order valence-electron chi connectivity index (χ4n) is 8.50. The average Bonchev–Trinajstić information content (AvgIpc) is 3.93. The standard InChI is InChI=1S/C46H26N4S/c1-3-13-27(14-4-1)29-23-24-37-34(25-29)40-38(26-33-30-17-7-10-20-35(30)49-36-21-11-8-18-31(36)41(40)43(33)49)50(37)46-44-42(32-19-9-12-22-39(32)51-44)47-45(48-46)28-15-5-2-6-16-28/h1-26H. The fourth-order valence-corrected chi connectivity index (χ4v) is 9.62. The maximum Gasteiger partial charge on any atom is 0.162 e. The van der Waals surface area contributed by atoms with E-state index in [2.05, 4.69) is 161 Å². The lowest BCUT2D eigenvalue weighted by Crippen LogP contribution is -2.01. The van der Waals surface area contributed by atoms with Crippen LogP contribution >= 0.6 is 11.3 Å². The van der Waals surface area contributed by atoms with Crippen molar-refractivity contribution < 1.29 is 0 Å². The Morgan fingerprint density at radius 1 is 0.431 bits per heavy atom. The molecule has 0 spiro atoms. The molecule has 0 bridgehead atoms. The second-order valence-corrected chi connectivity index (χ2v) is 14.4. The molecule has 236 valence electrons. The largest absolute Gasteiger partial charge is 0.308 e. The third kappa shape index (κ3) is 3.63. The van der Waals surface area contributed by atoms with Gasteiger partial charge in [0.1, 0.15) is 0 Å². The number of hydrogen-bond donors (Lipinski definition) is 0. The van der Waals surface area contributed by atoms with E-state index in [9.17, 15) is 0 Å². The second-order valence-electron chi connectivity index (χ2n) is 13.4. The van der Waals surface area contributed by atoms with Crippen molar-refractivity contribution in [2.45, 2.75) is 0 Å². The molecule has 4 nitrogen and oxygen atoms in total. The predicted octanol–water partition coefficient (Wildman–Crippen LogP) is 12.4. The van der Waals surface area contributed by atoms with Crippen LogP contribution in [-0.2, 0) is 0 Å². The normalized spacial score (nSPS) is 12.3. The van der Waals surface area contributed by atoms with Gasteiger partial charge in [-0.3, -0.25) is 4.57 Å². The molecule has 0 aliphatic rings. The molecule has 0 aliphatic carbocycles. The molecule has 7 aromatic carbocycles. The smallest absolute Gasteiger partial charge is 0.162 e. The molecular weight excluding hydrogens is 641 g/mol. The first-order valence-electron chi connectivity index (χ1n) is 17.3. The third-order valence-corrected chi connectivity index (χ3v) is 11.8. The Morgan fingerprint density at radius 3 is 1.90 bits per heavy atom. The summed E-state index contributed by atoms with van der Waals surface area (Å²) in [4.78, 5) is 10.7. The Hall–Kier alpha value is -6.56. The lowest BCUT2D eigenvalue weighted by Gasteiger charge is -2.11. The Balaban J connectivity index is 1.33. The van der Waals surface area contributed by atoms with Crippen LogP contribution in [0.1, 0.15) is 0 Å². The highest BCUT2D eigenvalue weighted by molar-refractivity contribution is 7.26. The van der Waals surface area contributed by atoms with Crippen LogP contribution in [0.2, 0.25) is 0 Å². The van der Waals surface area contributed by atoms with Crippen molar-refractivity contribution in [3.8, 4) is 28.3 Å². The van der Waals surface area contributed by atoms with E-state index in [0.717, 1.165) is 43.8 Å². The lowest BCUT2D eigenvalue weighted by molar-refractivity contribution is 1.08. The fraction of sp³-hybridized carbons (Fsp3) is 0. The van der Waals surface area contributed by atoms with Gasteiger partial charge in [0, 0.05) is 48.0 Å². The molecular formula is C46H26N4S. The highest BCUT2D eigenvalue weighted by atomic mass is 32.1. The first kappa shape index (κ1) is 27.3. The summed E-state index contributed by atoms with van der Waals surface area (Å²) < 4.78 is 7.19. The van der Waals surface area contributed by atoms with Crippen molar-refractivity contribution in [3.05, 3.63) is 158 Å². The Morgan fingerprint density at radius 2 is 1.10 bits per heavy atom. The van der Waals surface area contributed by atoms with E-state index < -0.39 is 0 Å². The van der Waals surface area contributed by atoms with Crippen LogP contribution in [0.15, 0.2) is 158 Å². The first-order chi connectivity index (χ1) is 25.3. The van der Waals surface area contributed by atoms with Gasteiger partial charge in [-0.1, -0.05) is 121 Å². The Bertz CT molecular complexity index is 3350. The number of thiophene rings is 1. The summed E-state index contributed by atoms with van der Waals surface area (Å²) in [5, 5.41) is 8.67. The van der Waals surface area contributed by atoms with Crippen molar-refractivity contribution in [1.29, 1.82) is 0 Å². The van der Waals surface area contributed by atoms with Gasteiger partial charge in [-0.05, 0) is 47.5 Å². The van der Waals surface area contributed by atoms with Crippen molar-refractivity contribution in [3.63, 3.8) is 0 Å². The zero-order valence-electron chi connectivity index (χ0n) is 27.2. The van der Waals surface area contributed by atoms with E-state index in [1.54, 1.807) is 11.3 Å². The summed E-state index contributed by atoms with van der Waals surface area (Å²) in [5.41, 5.74) is 10.4. The van der Waals surface area contributed by atoms with Crippen molar-refractivity contribution in [2.24, 2.45) is 0 Å². The molecule has 0 radical (unpaired) electrons. The number of nitrogens with zero attached hydrogens (tertiary/aromatic N) is 4. The van der Waals surface area contributed by atoms with E-state index in [0.29, 0.717) is 0 Å². The van der Waals surface area contributed by atoms with E-state index in [4.69, 9.17) is 9.97 Å². The van der Waals surface area contributed by atoms with E-state index in [1.165, 1.54) is 64.7 Å². The van der Waals surface area contributed by atoms with E-state index >= 15 is 0 Å². The maximum atomic E-state index is 5.49. The summed E-state index contributed by atoms with van der Waals surface area (Å²) >= 11 is 1.77. The van der Waals surface area contributed by atoms with Crippen LogP contribution in [0.5, 0.6) is 0 Å². The average molecular weight is 667 g/mol. The predicted molar refractivity (Wildman–Crippen MR) is 215 cm³/mol. The Kier molecular flexibility index (Phi) is 5.35. The van der Waals surface area contributed by atoms with Gasteiger partial charge in [-0.2, -0.15) is 0 Å². The van der Waals surface area contributed by atoms with E-state index in [1.807, 2.05) is 6.07 Å². The van der Waals surface area contributed by atoms with Crippen LogP contribution in [-0.4, -0.2) is 18.9 Å². The van der Waals surface area contributed by atoms with Crippen molar-refractivity contribution in [2.75, 3.05) is 0 Å². The van der Waals surface area contributed by atoms with E-state index in [-0.39, 0.29) is 0 Å². The molecule has 0 aliphatic heterocycles. The van der Waals surface area contributed by atoms with Crippen LogP contribution < -0.4 is 0 Å². The van der Waals surface area contributed by atoms with Crippen LogP contribution in [0.4, 0.5) is 0 Å². The number of rotatable bonds is 3. The molecule has 12 aromatic rings. The molecule has 0 saturated carbocycles. The van der Waals surface area contributed by atoms with Gasteiger partial charge in [0.05, 0.1) is 37.8 Å². The molecule has 5 aromatic heterocycles. The van der Waals surface area contributed by atoms with Crippen molar-refractivity contribution in [1.82, 2.24) is 18.9 Å². The number of fused-ring (bicyclic) bond motifs is 13. The zero-order chi connectivity index (χ0) is 33.2. The van der Waals surface area contributed by atoms with Gasteiger partial charge in [-0.25, -0.2) is 9.97 Å². The molecule has 5 heterocycles. The summed E-state index contributed by atoms with van der Waals surface area (Å²) in [6.07, 6.45) is 0. The molecule has 5 heteroatoms. The highest BCUT2D eigenvalue weighted by Crippen LogP contribution is 2.48. The minimum atomic E-state index is 0.727. The second kappa shape index (κ2) is 10.0. The van der Waals surface area contributed by atoms with Gasteiger partial charge < -0.3 is 4.40 Å². The molecule has 51 heavy (non-hydrogen) atoms. The number of benzene rings is 7. The topological polar surface area (TPSA) is 35.1 Å². The van der Waals surface area contributed by atoms with Gasteiger partial charge in [-0.15, -0.1) is 11.3 Å². The van der Waals surface area contributed by atoms with Crippen LogP contribution in [0.3, 0.4) is 0 Å². The molecule has 12 rings (SSSR count). The minimum Gasteiger partial charge on any atom is -0.308 e. The first-order valence-corrected chi connectivity index (χ1v) is 18.1. The molecule has 0 atom stereocenters. The van der Waals surface area contributed by atoms with Gasteiger partial charge in [0.2, 0.25) is 0 Å². The van der Waals surface area contributed by atoms with Crippen LogP contribution in [0, 0.1) is 0 Å². The monoisotopic (exact) mass is 666 g/mol. The van der Waals surface area contributed by atoms with Gasteiger partial charge in [0.25, 0.3) is 0 Å². The highest BCUT2D eigenvalue weighted by Gasteiger charge is 2.26. The number of para-hydroxylation sites is 2. The van der Waals surface area contributed by atoms with Crippen molar-refractivity contribution >= 4 is 91.5 Å². The Labute approximate surface area is 295 Å². The third-order valence-electron chi connectivity index (χ3n) is 10.7. The number of aromatic nitrogens is 4. The quantitative estimate of drug-likeness (QED) is 0.188. The van der Waals surface area contributed by atoms with Gasteiger partial charge >= 0.3 is 0 Å². The summed E-state index contributed by atoms with van der Waals surface area (Å²) in [5.74, 6) is 1.64. The maximum absolute atomic E-state index is 5.49. The molecule has 0 saturated heterocycles. The summed E-state index contributed by atoms with van der Waals surface area (Å²) in [6.45, 7) is 0. The molecule has 0 fully saturated rings. The SMILES string of the molecule is c1ccc(-c2ccc3c(c2)c2c4c5ccccc5n5c6ccccc6c(cc2n3-c2nc(-c3ccccc3)nc3c2sc2ccccc23)c45)cc1. The minimum absolute atomic E-state index is 0.727. The number of hydrogen-bond acceptors (Lipinski definition) is 3. The molecule has 0 amide bonds. The molecule has 0 N–H and O–H groups in total. The summed E-state index contributed by atoms with van der Waals surface area (Å²) in [7, 11) is 0. The van der Waals surface area contributed by atoms with Crippen LogP contribution in [0.25, 0.3) is 109 Å². The lowest BCUT2D eigenvalue weighted by atomic mass is 9.99. The van der Waals surface area contributed by atoms with Gasteiger partial charge in [0.15, 0.2) is 11.6 Å².